The average molecular weight is 568 g/mol. The molecule has 0 spiro atoms. The summed E-state index contributed by atoms with van der Waals surface area (Å²) in [5.41, 5.74) is -1.55. The number of aromatic hydroxyl groups is 1. The number of aryl methyl sites for hydroxylation is 1. The maximum Gasteiger partial charge on any atom is 0.434 e. The van der Waals surface area contributed by atoms with Crippen LogP contribution in [-0.4, -0.2) is 59.1 Å². The third kappa shape index (κ3) is 8.95. The highest BCUT2D eigenvalue weighted by Gasteiger charge is 2.39. The molecule has 0 saturated carbocycles. The van der Waals surface area contributed by atoms with Crippen LogP contribution in [0.25, 0.3) is 0 Å². The van der Waals surface area contributed by atoms with Gasteiger partial charge in [0.05, 0.1) is 17.6 Å². The van der Waals surface area contributed by atoms with Gasteiger partial charge in [0.25, 0.3) is 11.8 Å². The Morgan fingerprint density at radius 2 is 1.92 bits per heavy atom. The van der Waals surface area contributed by atoms with Crippen LogP contribution in [0.4, 0.5) is 19.1 Å². The predicted molar refractivity (Wildman–Crippen MR) is 139 cm³/mol. The highest BCUT2D eigenvalue weighted by Crippen LogP contribution is 2.31. The topological polar surface area (TPSA) is 143 Å². The Bertz CT molecular complexity index is 1270. The molecule has 1 aromatic carbocycles. The smallest absolute Gasteiger partial charge is 0.434 e. The molecule has 1 atom stereocenters. The van der Waals surface area contributed by atoms with Crippen molar-refractivity contribution in [1.29, 1.82) is 0 Å². The van der Waals surface area contributed by atoms with Crippen LogP contribution in [0, 0.1) is 0 Å². The first-order valence-corrected chi connectivity index (χ1v) is 12.1. The molecule has 39 heavy (non-hydrogen) atoms. The lowest BCUT2D eigenvalue weighted by Crippen LogP contribution is -2.49. The van der Waals surface area contributed by atoms with Gasteiger partial charge in [-0.05, 0) is 42.0 Å². The molecule has 3 aromatic rings. The Morgan fingerprint density at radius 3 is 2.56 bits per heavy atom. The van der Waals surface area contributed by atoms with E-state index in [1.165, 1.54) is 6.07 Å². The Morgan fingerprint density at radius 1 is 1.15 bits per heavy atom. The molecule has 10 nitrogen and oxygen atoms in total. The molecule has 0 aliphatic carbocycles. The lowest BCUT2D eigenvalue weighted by atomic mass is 10.1. The van der Waals surface area contributed by atoms with Gasteiger partial charge in [-0.1, -0.05) is 25.6 Å². The number of amides is 2. The zero-order valence-electron chi connectivity index (χ0n) is 20.0. The van der Waals surface area contributed by atoms with Gasteiger partial charge in [-0.3, -0.25) is 9.59 Å². The van der Waals surface area contributed by atoms with Crippen molar-refractivity contribution in [2.45, 2.75) is 32.5 Å². The molecule has 0 bridgehead atoms. The van der Waals surface area contributed by atoms with Gasteiger partial charge in [-0.2, -0.15) is 13.2 Å². The third-order valence-corrected chi connectivity index (χ3v) is 6.01. The van der Waals surface area contributed by atoms with Crippen molar-refractivity contribution in [3.8, 4) is 5.75 Å². The minimum absolute atomic E-state index is 0. The summed E-state index contributed by atoms with van der Waals surface area (Å²) in [6.07, 6.45) is -3.23. The summed E-state index contributed by atoms with van der Waals surface area (Å²) in [6.45, 7) is -0.191. The second-order valence-corrected chi connectivity index (χ2v) is 8.84. The summed E-state index contributed by atoms with van der Waals surface area (Å²) in [7, 11) is 1.04. The van der Waals surface area contributed by atoms with E-state index in [9.17, 15) is 32.7 Å². The number of thiophene rings is 1. The van der Waals surface area contributed by atoms with E-state index >= 15 is 0 Å². The number of hydrogen-bond donors (Lipinski definition) is 4. The number of phenols is 1. The zero-order valence-corrected chi connectivity index (χ0v) is 20.9. The standard InChI is InChI=1S/C24H24F3N5O5S.CH4/c1-37-22(36)17(13-29-21(35)18-8-4-10-38-18)31-20(34)16-12-30-23(32-19(16)24(25,26)27)28-9-3-6-14-5-2-7-15(33)11-14;/h2,4-5,7-8,10-12,17,33H,3,6,9,13H2,1H3,(H,29,35)(H,31,34)(H,28,30,32);1H4/t17-;/m0./s1. The number of methoxy groups -OCH3 is 1. The normalized spacial score (nSPS) is 11.6. The molecule has 0 fully saturated rings. The molecule has 0 aliphatic heterocycles. The number of phenolic OH excluding ortho intramolecular Hbond substituents is 1. The number of nitrogens with one attached hydrogen (secondary N) is 3. The van der Waals surface area contributed by atoms with E-state index in [0.29, 0.717) is 23.9 Å². The summed E-state index contributed by atoms with van der Waals surface area (Å²) < 4.78 is 45.8. The van der Waals surface area contributed by atoms with E-state index in [1.54, 1.807) is 35.7 Å². The van der Waals surface area contributed by atoms with Crippen LogP contribution in [0.5, 0.6) is 5.75 Å². The maximum atomic E-state index is 13.7. The number of rotatable bonds is 11. The van der Waals surface area contributed by atoms with Crippen molar-refractivity contribution in [2.75, 3.05) is 25.5 Å². The van der Waals surface area contributed by atoms with Gasteiger partial charge in [0.2, 0.25) is 5.95 Å². The number of hydrogen-bond acceptors (Lipinski definition) is 9. The minimum atomic E-state index is -5.00. The molecule has 0 radical (unpaired) electrons. The zero-order chi connectivity index (χ0) is 27.7. The number of carbonyl (C=O) groups is 3. The molecule has 4 N–H and O–H groups in total. The fourth-order valence-electron chi connectivity index (χ4n) is 3.32. The van der Waals surface area contributed by atoms with E-state index in [0.717, 1.165) is 24.0 Å². The van der Waals surface area contributed by atoms with Crippen LogP contribution in [0.3, 0.4) is 0 Å². The number of anilines is 1. The lowest BCUT2D eigenvalue weighted by Gasteiger charge is -2.18. The minimum Gasteiger partial charge on any atom is -0.508 e. The number of carbonyl (C=O) groups excluding carboxylic acids is 3. The van der Waals surface area contributed by atoms with Crippen LogP contribution < -0.4 is 16.0 Å². The molecular formula is C25H28F3N5O5S. The Hall–Kier alpha value is -4.20. The number of aromatic nitrogens is 2. The van der Waals surface area contributed by atoms with E-state index < -0.39 is 47.8 Å². The van der Waals surface area contributed by atoms with Gasteiger partial charge in [-0.25, -0.2) is 14.8 Å². The molecule has 0 aliphatic rings. The Balaban J connectivity index is 0.00000533. The second-order valence-electron chi connectivity index (χ2n) is 7.89. The molecule has 14 heteroatoms. The molecular weight excluding hydrogens is 539 g/mol. The molecule has 3 rings (SSSR count). The van der Waals surface area contributed by atoms with Crippen LogP contribution in [-0.2, 0) is 22.1 Å². The second kappa shape index (κ2) is 14.1. The molecule has 0 saturated heterocycles. The summed E-state index contributed by atoms with van der Waals surface area (Å²) >= 11 is 1.15. The first kappa shape index (κ1) is 31.0. The number of esters is 1. The number of ether oxygens (including phenoxy) is 1. The van der Waals surface area contributed by atoms with E-state index in [-0.39, 0.29) is 25.7 Å². The van der Waals surface area contributed by atoms with Gasteiger partial charge in [0.1, 0.15) is 11.8 Å². The van der Waals surface area contributed by atoms with Crippen LogP contribution in [0.2, 0.25) is 0 Å². The Kier molecular flexibility index (Phi) is 11.2. The van der Waals surface area contributed by atoms with Gasteiger partial charge >= 0.3 is 12.1 Å². The fourth-order valence-corrected chi connectivity index (χ4v) is 3.96. The van der Waals surface area contributed by atoms with Gasteiger partial charge in [0, 0.05) is 19.3 Å². The van der Waals surface area contributed by atoms with E-state index in [4.69, 9.17) is 0 Å². The van der Waals surface area contributed by atoms with Crippen molar-refractivity contribution < 1.29 is 37.4 Å². The SMILES string of the molecule is C.COC(=O)[C@H](CNC(=O)c1cccs1)NC(=O)c1cnc(NCCCc2cccc(O)c2)nc1C(F)(F)F. The monoisotopic (exact) mass is 567 g/mol. The number of benzene rings is 1. The highest BCUT2D eigenvalue weighted by atomic mass is 32.1. The summed E-state index contributed by atoms with van der Waals surface area (Å²) in [5, 5.41) is 18.4. The first-order chi connectivity index (χ1) is 18.1. The van der Waals surface area contributed by atoms with E-state index in [1.807, 2.05) is 0 Å². The number of alkyl halides is 3. The van der Waals surface area contributed by atoms with Crippen molar-refractivity contribution in [3.63, 3.8) is 0 Å². The summed E-state index contributed by atoms with van der Waals surface area (Å²) in [6, 6.07) is 8.32. The number of nitrogens with zero attached hydrogens (tertiary/aromatic N) is 2. The van der Waals surface area contributed by atoms with Crippen molar-refractivity contribution in [3.05, 3.63) is 69.7 Å². The largest absolute Gasteiger partial charge is 0.508 e. The summed E-state index contributed by atoms with van der Waals surface area (Å²) in [4.78, 5) is 44.6. The van der Waals surface area contributed by atoms with Gasteiger partial charge < -0.3 is 25.8 Å². The fraction of sp³-hybridized carbons (Fsp3) is 0.320. The van der Waals surface area contributed by atoms with Crippen LogP contribution in [0.15, 0.2) is 48.0 Å². The van der Waals surface area contributed by atoms with Crippen LogP contribution in [0.1, 0.15) is 45.1 Å². The molecule has 0 unspecified atom stereocenters. The first-order valence-electron chi connectivity index (χ1n) is 11.2. The van der Waals surface area contributed by atoms with E-state index in [2.05, 4.69) is 30.7 Å². The predicted octanol–water partition coefficient (Wildman–Crippen LogP) is 3.64. The Labute approximate surface area is 226 Å². The lowest BCUT2D eigenvalue weighted by molar-refractivity contribution is -0.142. The molecule has 2 heterocycles. The third-order valence-electron chi connectivity index (χ3n) is 5.14. The van der Waals surface area contributed by atoms with Crippen LogP contribution >= 0.6 is 11.3 Å². The molecule has 2 aromatic heterocycles. The van der Waals surface area contributed by atoms with Crippen molar-refractivity contribution in [2.24, 2.45) is 0 Å². The highest BCUT2D eigenvalue weighted by molar-refractivity contribution is 7.12. The average Bonchev–Trinajstić information content (AvgIpc) is 3.43. The number of halogens is 3. The quantitative estimate of drug-likeness (QED) is 0.203. The summed E-state index contributed by atoms with van der Waals surface area (Å²) in [5.74, 6) is -2.99. The molecule has 210 valence electrons. The van der Waals surface area contributed by atoms with Crippen molar-refractivity contribution >= 4 is 35.1 Å². The maximum absolute atomic E-state index is 13.7. The van der Waals surface area contributed by atoms with Crippen molar-refractivity contribution in [1.82, 2.24) is 20.6 Å². The molecule has 2 amide bonds. The van der Waals surface area contributed by atoms with Gasteiger partial charge in [0.15, 0.2) is 5.69 Å². The van der Waals surface area contributed by atoms with Gasteiger partial charge in [-0.15, -0.1) is 11.3 Å².